The number of carbonyl (C=O) groups is 1. The zero-order valence-electron chi connectivity index (χ0n) is 8.64. The summed E-state index contributed by atoms with van der Waals surface area (Å²) in [7, 11) is 1.57. The van der Waals surface area contributed by atoms with Crippen molar-refractivity contribution in [3.8, 4) is 0 Å². The van der Waals surface area contributed by atoms with Crippen LogP contribution >= 0.6 is 0 Å². The highest BCUT2D eigenvalue weighted by Gasteiger charge is 2.47. The predicted octanol–water partition coefficient (Wildman–Crippen LogP) is 1.34. The molecule has 0 aliphatic heterocycles. The molecular weight excluding hydrogens is 166 g/mol. The van der Waals surface area contributed by atoms with Crippen molar-refractivity contribution in [1.82, 2.24) is 10.7 Å². The molecule has 0 spiro atoms. The van der Waals surface area contributed by atoms with Crippen molar-refractivity contribution in [2.75, 3.05) is 7.05 Å². The molecule has 0 bridgehead atoms. The first-order valence-electron chi connectivity index (χ1n) is 4.49. The summed E-state index contributed by atoms with van der Waals surface area (Å²) in [6, 6.07) is -0.266. The molecule has 13 heavy (non-hydrogen) atoms. The Morgan fingerprint density at radius 2 is 2.08 bits per heavy atom. The van der Waals surface area contributed by atoms with E-state index in [2.05, 4.69) is 29.7 Å². The third-order valence-electron chi connectivity index (χ3n) is 2.58. The summed E-state index contributed by atoms with van der Waals surface area (Å²) < 4.78 is 0. The van der Waals surface area contributed by atoms with E-state index in [1.165, 1.54) is 0 Å². The molecule has 4 heteroatoms. The van der Waals surface area contributed by atoms with Crippen molar-refractivity contribution in [2.24, 2.45) is 16.4 Å². The van der Waals surface area contributed by atoms with Crippen LogP contribution in [-0.2, 0) is 0 Å². The van der Waals surface area contributed by atoms with Gasteiger partial charge in [0.1, 0.15) is 0 Å². The van der Waals surface area contributed by atoms with Gasteiger partial charge in [-0.1, -0.05) is 13.8 Å². The first-order valence-corrected chi connectivity index (χ1v) is 4.49. The number of nitrogens with zero attached hydrogens (tertiary/aromatic N) is 1. The van der Waals surface area contributed by atoms with Crippen molar-refractivity contribution in [1.29, 1.82) is 0 Å². The summed E-state index contributed by atoms with van der Waals surface area (Å²) in [6.07, 6.45) is 1.16. The lowest BCUT2D eigenvalue weighted by Crippen LogP contribution is -2.29. The monoisotopic (exact) mass is 183 g/mol. The lowest BCUT2D eigenvalue weighted by Gasteiger charge is -2.03. The Kier molecular flexibility index (Phi) is 2.59. The number of hydrazone groups is 1. The number of urea groups is 1. The van der Waals surface area contributed by atoms with Crippen LogP contribution in [0.5, 0.6) is 0 Å². The molecule has 74 valence electrons. The fourth-order valence-corrected chi connectivity index (χ4v) is 1.45. The average Bonchev–Trinajstić information content (AvgIpc) is 2.70. The zero-order chi connectivity index (χ0) is 10.1. The van der Waals surface area contributed by atoms with Crippen molar-refractivity contribution >= 4 is 11.7 Å². The maximum atomic E-state index is 10.8. The Labute approximate surface area is 78.8 Å². The Bertz CT molecular complexity index is 245. The van der Waals surface area contributed by atoms with Crippen LogP contribution in [0.15, 0.2) is 5.10 Å². The summed E-state index contributed by atoms with van der Waals surface area (Å²) in [6.45, 7) is 6.36. The van der Waals surface area contributed by atoms with Crippen LogP contribution in [0.2, 0.25) is 0 Å². The van der Waals surface area contributed by atoms with Gasteiger partial charge in [0.05, 0.1) is 0 Å². The van der Waals surface area contributed by atoms with E-state index in [9.17, 15) is 4.79 Å². The number of hydrogen-bond acceptors (Lipinski definition) is 2. The van der Waals surface area contributed by atoms with Crippen LogP contribution in [0.4, 0.5) is 4.79 Å². The smallest absolute Gasteiger partial charge is 0.334 e. The van der Waals surface area contributed by atoms with Gasteiger partial charge in [-0.15, -0.1) is 0 Å². The SMILES string of the molecule is CNC(=O)N/N=C(\C)C1CC1(C)C. The molecule has 1 rings (SSSR count). The van der Waals surface area contributed by atoms with E-state index in [1.807, 2.05) is 6.92 Å². The second-order valence-corrected chi connectivity index (χ2v) is 4.19. The highest BCUT2D eigenvalue weighted by molar-refractivity contribution is 5.88. The zero-order valence-corrected chi connectivity index (χ0v) is 8.64. The molecule has 4 nitrogen and oxygen atoms in total. The molecule has 1 atom stereocenters. The summed E-state index contributed by atoms with van der Waals surface area (Å²) in [5.74, 6) is 0.532. The minimum Gasteiger partial charge on any atom is -0.340 e. The van der Waals surface area contributed by atoms with Gasteiger partial charge in [0.25, 0.3) is 0 Å². The predicted molar refractivity (Wildman–Crippen MR) is 52.6 cm³/mol. The Morgan fingerprint density at radius 3 is 2.46 bits per heavy atom. The van der Waals surface area contributed by atoms with Crippen LogP contribution in [-0.4, -0.2) is 18.8 Å². The molecule has 2 N–H and O–H groups in total. The Balaban J connectivity index is 2.40. The first-order chi connectivity index (χ1) is 5.97. The number of amides is 2. The molecule has 0 saturated heterocycles. The van der Waals surface area contributed by atoms with Gasteiger partial charge >= 0.3 is 6.03 Å². The highest BCUT2D eigenvalue weighted by Crippen LogP contribution is 2.52. The van der Waals surface area contributed by atoms with Crippen molar-refractivity contribution in [3.63, 3.8) is 0 Å². The molecule has 0 aromatic rings. The van der Waals surface area contributed by atoms with E-state index < -0.39 is 0 Å². The molecule has 0 radical (unpaired) electrons. The van der Waals surface area contributed by atoms with Crippen LogP contribution in [0.25, 0.3) is 0 Å². The standard InChI is InChI=1S/C9H17N3O/c1-6(7-5-9(7,2)3)11-12-8(13)10-4/h7H,5H2,1-4H3,(H2,10,12,13)/b11-6+. The van der Waals surface area contributed by atoms with Crippen LogP contribution < -0.4 is 10.7 Å². The topological polar surface area (TPSA) is 53.5 Å². The molecule has 1 aliphatic carbocycles. The number of rotatable bonds is 2. The van der Waals surface area contributed by atoms with Gasteiger partial charge in [-0.3, -0.25) is 0 Å². The van der Waals surface area contributed by atoms with Gasteiger partial charge in [-0.05, 0) is 18.8 Å². The molecule has 0 aromatic heterocycles. The third kappa shape index (κ3) is 2.44. The van der Waals surface area contributed by atoms with Crippen molar-refractivity contribution in [3.05, 3.63) is 0 Å². The van der Waals surface area contributed by atoms with E-state index in [0.717, 1.165) is 12.1 Å². The lowest BCUT2D eigenvalue weighted by molar-refractivity contribution is 0.243. The summed E-state index contributed by atoms with van der Waals surface area (Å²) in [4.78, 5) is 10.8. The van der Waals surface area contributed by atoms with E-state index in [1.54, 1.807) is 7.05 Å². The second-order valence-electron chi connectivity index (χ2n) is 4.19. The number of carbonyl (C=O) groups excluding carboxylic acids is 1. The molecule has 2 amide bonds. The Morgan fingerprint density at radius 1 is 1.54 bits per heavy atom. The fourth-order valence-electron chi connectivity index (χ4n) is 1.45. The third-order valence-corrected chi connectivity index (χ3v) is 2.58. The van der Waals surface area contributed by atoms with E-state index in [0.29, 0.717) is 11.3 Å². The minimum atomic E-state index is -0.266. The fraction of sp³-hybridized carbons (Fsp3) is 0.778. The van der Waals surface area contributed by atoms with E-state index >= 15 is 0 Å². The van der Waals surface area contributed by atoms with Gasteiger partial charge in [-0.25, -0.2) is 10.2 Å². The first kappa shape index (κ1) is 10.0. The molecule has 1 saturated carbocycles. The van der Waals surface area contributed by atoms with Gasteiger partial charge in [0, 0.05) is 18.7 Å². The molecule has 0 aromatic carbocycles. The van der Waals surface area contributed by atoms with Gasteiger partial charge in [0.15, 0.2) is 0 Å². The van der Waals surface area contributed by atoms with Gasteiger partial charge < -0.3 is 5.32 Å². The summed E-state index contributed by atoms with van der Waals surface area (Å²) >= 11 is 0. The lowest BCUT2D eigenvalue weighted by atomic mass is 10.1. The average molecular weight is 183 g/mol. The van der Waals surface area contributed by atoms with Gasteiger partial charge in [0.2, 0.25) is 0 Å². The van der Waals surface area contributed by atoms with E-state index in [-0.39, 0.29) is 6.03 Å². The molecule has 1 aliphatic rings. The molecule has 0 heterocycles. The quantitative estimate of drug-likeness (QED) is 0.492. The maximum absolute atomic E-state index is 10.8. The second kappa shape index (κ2) is 3.36. The Hall–Kier alpha value is -1.06. The molecule has 1 fully saturated rings. The summed E-state index contributed by atoms with van der Waals surface area (Å²) in [5, 5.41) is 6.45. The van der Waals surface area contributed by atoms with Crippen LogP contribution in [0, 0.1) is 11.3 Å². The van der Waals surface area contributed by atoms with Crippen LogP contribution in [0.1, 0.15) is 27.2 Å². The highest BCUT2D eigenvalue weighted by atomic mass is 16.2. The van der Waals surface area contributed by atoms with Crippen LogP contribution in [0.3, 0.4) is 0 Å². The van der Waals surface area contributed by atoms with E-state index in [4.69, 9.17) is 0 Å². The van der Waals surface area contributed by atoms with Crippen molar-refractivity contribution in [2.45, 2.75) is 27.2 Å². The maximum Gasteiger partial charge on any atom is 0.334 e. The number of hydrogen-bond donors (Lipinski definition) is 2. The normalized spacial score (nSPS) is 25.2. The molecule has 1 unspecified atom stereocenters. The number of nitrogens with one attached hydrogen (secondary N) is 2. The van der Waals surface area contributed by atoms with Crippen molar-refractivity contribution < 1.29 is 4.79 Å². The minimum absolute atomic E-state index is 0.266. The summed E-state index contributed by atoms with van der Waals surface area (Å²) in [5.41, 5.74) is 3.81. The molecular formula is C9H17N3O. The van der Waals surface area contributed by atoms with Gasteiger partial charge in [-0.2, -0.15) is 5.10 Å². The largest absolute Gasteiger partial charge is 0.340 e.